The van der Waals surface area contributed by atoms with E-state index in [0.717, 1.165) is 25.8 Å². The van der Waals surface area contributed by atoms with E-state index in [4.69, 9.17) is 16.1 Å². The van der Waals surface area contributed by atoms with Crippen molar-refractivity contribution in [2.45, 2.75) is 19.3 Å². The highest BCUT2D eigenvalue weighted by Crippen LogP contribution is 2.20. The number of nitrogens with two attached hydrogens (primary N) is 1. The number of nitrogens with zero attached hydrogens (tertiary/aromatic N) is 3. The second-order valence-corrected chi connectivity index (χ2v) is 3.95. The van der Waals surface area contributed by atoms with E-state index in [2.05, 4.69) is 4.98 Å². The molecule has 0 bridgehead atoms. The predicted molar refractivity (Wildman–Crippen MR) is 67.6 cm³/mol. The Balaban J connectivity index is 2.57. The number of nitriles is 1. The molecule has 1 rings (SSSR count). The van der Waals surface area contributed by atoms with Gasteiger partial charge in [0.1, 0.15) is 6.07 Å². The fourth-order valence-electron chi connectivity index (χ4n) is 1.60. The van der Waals surface area contributed by atoms with Crippen LogP contribution in [0.5, 0.6) is 0 Å². The van der Waals surface area contributed by atoms with Crippen molar-refractivity contribution >= 4 is 11.5 Å². The van der Waals surface area contributed by atoms with Gasteiger partial charge in [0.05, 0.1) is 11.3 Å². The average molecular weight is 234 g/mol. The largest absolute Gasteiger partial charge is 0.396 e. The van der Waals surface area contributed by atoms with Gasteiger partial charge in [0.15, 0.2) is 5.82 Å². The lowest BCUT2D eigenvalue weighted by Crippen LogP contribution is -2.21. The number of hydrogen-bond donors (Lipinski definition) is 2. The van der Waals surface area contributed by atoms with Gasteiger partial charge in [-0.15, -0.1) is 0 Å². The molecule has 0 amide bonds. The van der Waals surface area contributed by atoms with Gasteiger partial charge in [0, 0.05) is 26.4 Å². The summed E-state index contributed by atoms with van der Waals surface area (Å²) in [6.07, 6.45) is 4.31. The Morgan fingerprint density at radius 2 is 2.24 bits per heavy atom. The van der Waals surface area contributed by atoms with Crippen LogP contribution in [0, 0.1) is 11.3 Å². The lowest BCUT2D eigenvalue weighted by atomic mass is 10.2. The smallest absolute Gasteiger partial charge is 0.151 e. The molecule has 0 atom stereocenters. The molecule has 0 saturated heterocycles. The SMILES string of the molecule is CN(CCCCCO)c1ncc(C#N)cc1N. The van der Waals surface area contributed by atoms with Gasteiger partial charge in [-0.3, -0.25) is 0 Å². The molecule has 0 aliphatic carbocycles. The van der Waals surface area contributed by atoms with E-state index in [1.807, 2.05) is 18.0 Å². The number of aliphatic hydroxyl groups excluding tert-OH is 1. The summed E-state index contributed by atoms with van der Waals surface area (Å²) in [6, 6.07) is 3.64. The standard InChI is InChI=1S/C12H18N4O/c1-16(5-3-2-4-6-17)12-11(14)7-10(8-13)9-15-12/h7,9,17H,2-6,14H2,1H3. The van der Waals surface area contributed by atoms with Gasteiger partial charge in [0.25, 0.3) is 0 Å². The van der Waals surface area contributed by atoms with Crippen LogP contribution in [0.3, 0.4) is 0 Å². The molecule has 0 unspecified atom stereocenters. The van der Waals surface area contributed by atoms with Crippen molar-refractivity contribution in [3.05, 3.63) is 17.8 Å². The van der Waals surface area contributed by atoms with Crippen LogP contribution >= 0.6 is 0 Å². The van der Waals surface area contributed by atoms with E-state index in [0.29, 0.717) is 17.1 Å². The Bertz CT molecular complexity index is 400. The first-order valence-corrected chi connectivity index (χ1v) is 5.66. The highest BCUT2D eigenvalue weighted by molar-refractivity contribution is 5.64. The molecule has 0 saturated carbocycles. The molecule has 0 fully saturated rings. The van der Waals surface area contributed by atoms with E-state index < -0.39 is 0 Å². The lowest BCUT2D eigenvalue weighted by Gasteiger charge is -2.19. The molecule has 92 valence electrons. The van der Waals surface area contributed by atoms with Gasteiger partial charge in [-0.05, 0) is 25.3 Å². The quantitative estimate of drug-likeness (QED) is 0.721. The first-order valence-electron chi connectivity index (χ1n) is 5.66. The van der Waals surface area contributed by atoms with Gasteiger partial charge in [-0.2, -0.15) is 5.26 Å². The average Bonchev–Trinajstić information content (AvgIpc) is 2.34. The highest BCUT2D eigenvalue weighted by atomic mass is 16.2. The summed E-state index contributed by atoms with van der Waals surface area (Å²) in [5.41, 5.74) is 6.83. The first-order chi connectivity index (χ1) is 8.19. The van der Waals surface area contributed by atoms with Crippen LogP contribution in [0.15, 0.2) is 12.3 Å². The van der Waals surface area contributed by atoms with E-state index in [1.54, 1.807) is 6.07 Å². The summed E-state index contributed by atoms with van der Waals surface area (Å²) < 4.78 is 0. The lowest BCUT2D eigenvalue weighted by molar-refractivity contribution is 0.283. The molecule has 17 heavy (non-hydrogen) atoms. The van der Waals surface area contributed by atoms with Gasteiger partial charge in [-0.1, -0.05) is 0 Å². The van der Waals surface area contributed by atoms with Crippen LogP contribution in [0.25, 0.3) is 0 Å². The maximum absolute atomic E-state index is 8.71. The molecule has 3 N–H and O–H groups in total. The summed E-state index contributed by atoms with van der Waals surface area (Å²) in [7, 11) is 1.92. The zero-order chi connectivity index (χ0) is 12.7. The van der Waals surface area contributed by atoms with Crippen molar-refractivity contribution in [1.29, 1.82) is 5.26 Å². The number of aromatic nitrogens is 1. The number of nitrogen functional groups attached to an aromatic ring is 1. The minimum absolute atomic E-state index is 0.237. The third kappa shape index (κ3) is 3.93. The number of anilines is 2. The van der Waals surface area contributed by atoms with Crippen LogP contribution in [-0.2, 0) is 0 Å². The van der Waals surface area contributed by atoms with Crippen LogP contribution in [0.2, 0.25) is 0 Å². The fourth-order valence-corrected chi connectivity index (χ4v) is 1.60. The number of rotatable bonds is 6. The molecule has 5 nitrogen and oxygen atoms in total. The number of unbranched alkanes of at least 4 members (excludes halogenated alkanes) is 2. The van der Waals surface area contributed by atoms with Crippen molar-refractivity contribution in [2.24, 2.45) is 0 Å². The van der Waals surface area contributed by atoms with Crippen LogP contribution < -0.4 is 10.6 Å². The summed E-state index contributed by atoms with van der Waals surface area (Å²) in [5, 5.41) is 17.4. The van der Waals surface area contributed by atoms with E-state index >= 15 is 0 Å². The van der Waals surface area contributed by atoms with E-state index in [1.165, 1.54) is 6.20 Å². The zero-order valence-corrected chi connectivity index (χ0v) is 10.1. The van der Waals surface area contributed by atoms with Crippen molar-refractivity contribution in [3.8, 4) is 6.07 Å². The molecule has 0 spiro atoms. The summed E-state index contributed by atoms with van der Waals surface area (Å²) in [4.78, 5) is 6.14. The Morgan fingerprint density at radius 1 is 1.47 bits per heavy atom. The van der Waals surface area contributed by atoms with E-state index in [-0.39, 0.29) is 6.61 Å². The summed E-state index contributed by atoms with van der Waals surface area (Å²) in [5.74, 6) is 0.702. The van der Waals surface area contributed by atoms with Crippen molar-refractivity contribution in [1.82, 2.24) is 4.98 Å². The molecule has 1 aromatic rings. The molecule has 0 aliphatic rings. The monoisotopic (exact) mass is 234 g/mol. The van der Waals surface area contributed by atoms with Crippen LogP contribution in [0.1, 0.15) is 24.8 Å². The van der Waals surface area contributed by atoms with Crippen molar-refractivity contribution in [3.63, 3.8) is 0 Å². The third-order valence-electron chi connectivity index (χ3n) is 2.54. The zero-order valence-electron chi connectivity index (χ0n) is 10.1. The number of pyridine rings is 1. The molecule has 0 aliphatic heterocycles. The molecular weight excluding hydrogens is 216 g/mol. The van der Waals surface area contributed by atoms with Gasteiger partial charge < -0.3 is 15.7 Å². The predicted octanol–water partition coefficient (Wildman–Crippen LogP) is 1.13. The Morgan fingerprint density at radius 3 is 2.82 bits per heavy atom. The number of aliphatic hydroxyl groups is 1. The second kappa shape index (κ2) is 6.71. The topological polar surface area (TPSA) is 86.2 Å². The third-order valence-corrected chi connectivity index (χ3v) is 2.54. The number of hydrogen-bond acceptors (Lipinski definition) is 5. The summed E-state index contributed by atoms with van der Waals surface area (Å²) >= 11 is 0. The molecule has 1 heterocycles. The Labute approximate surface area is 101 Å². The normalized spacial score (nSPS) is 9.94. The molecule has 0 aromatic carbocycles. The minimum Gasteiger partial charge on any atom is -0.396 e. The maximum Gasteiger partial charge on any atom is 0.151 e. The minimum atomic E-state index is 0.237. The van der Waals surface area contributed by atoms with Gasteiger partial charge in [-0.25, -0.2) is 4.98 Å². The fraction of sp³-hybridized carbons (Fsp3) is 0.500. The van der Waals surface area contributed by atoms with Gasteiger partial charge in [0.2, 0.25) is 0 Å². The van der Waals surface area contributed by atoms with Crippen molar-refractivity contribution < 1.29 is 5.11 Å². The Hall–Kier alpha value is -1.80. The molecule has 1 aromatic heterocycles. The second-order valence-electron chi connectivity index (χ2n) is 3.95. The molecule has 5 heteroatoms. The molecular formula is C12H18N4O. The van der Waals surface area contributed by atoms with E-state index in [9.17, 15) is 0 Å². The Kier molecular flexibility index (Phi) is 5.24. The first kappa shape index (κ1) is 13.3. The van der Waals surface area contributed by atoms with Gasteiger partial charge >= 0.3 is 0 Å². The van der Waals surface area contributed by atoms with Crippen LogP contribution in [0.4, 0.5) is 11.5 Å². The maximum atomic E-state index is 8.71. The molecule has 0 radical (unpaired) electrons. The highest BCUT2D eigenvalue weighted by Gasteiger charge is 2.07. The summed E-state index contributed by atoms with van der Waals surface area (Å²) in [6.45, 7) is 1.07. The van der Waals surface area contributed by atoms with Crippen LogP contribution in [-0.4, -0.2) is 30.3 Å². The van der Waals surface area contributed by atoms with Crippen molar-refractivity contribution in [2.75, 3.05) is 30.8 Å².